The molecule has 0 atom stereocenters. The van der Waals surface area contributed by atoms with Gasteiger partial charge in [-0.3, -0.25) is 9.59 Å². The fourth-order valence-electron chi connectivity index (χ4n) is 1.76. The van der Waals surface area contributed by atoms with Crippen LogP contribution < -0.4 is 16.4 Å². The summed E-state index contributed by atoms with van der Waals surface area (Å²) in [6.07, 6.45) is 2.21. The highest BCUT2D eigenvalue weighted by Crippen LogP contribution is 2.10. The number of hydrogen-bond acceptors (Lipinski definition) is 3. The number of unbranched alkanes of at least 4 members (excludes halogenated alkanes) is 2. The molecular formula is C14H19N3O4. The summed E-state index contributed by atoms with van der Waals surface area (Å²) in [5.41, 5.74) is 5.88. The number of benzene rings is 1. The Morgan fingerprint density at radius 2 is 1.90 bits per heavy atom. The summed E-state index contributed by atoms with van der Waals surface area (Å²) >= 11 is 0. The van der Waals surface area contributed by atoms with E-state index in [2.05, 4.69) is 10.6 Å². The average molecular weight is 293 g/mol. The van der Waals surface area contributed by atoms with Crippen LogP contribution in [-0.4, -0.2) is 29.6 Å². The Morgan fingerprint density at radius 3 is 2.57 bits per heavy atom. The maximum Gasteiger partial charge on any atom is 0.316 e. The van der Waals surface area contributed by atoms with Crippen LogP contribution in [0.4, 0.5) is 10.5 Å². The number of urea groups is 1. The molecule has 7 heteroatoms. The second-order valence-electron chi connectivity index (χ2n) is 4.53. The SMILES string of the molecule is NC(=O)Nc1cccc(C(=O)NCCCCCC(=O)O)c1. The predicted molar refractivity (Wildman–Crippen MR) is 78.1 cm³/mol. The van der Waals surface area contributed by atoms with Gasteiger partial charge in [-0.15, -0.1) is 0 Å². The molecule has 114 valence electrons. The quantitative estimate of drug-likeness (QED) is 0.543. The fourth-order valence-corrected chi connectivity index (χ4v) is 1.76. The van der Waals surface area contributed by atoms with Crippen LogP contribution in [0.1, 0.15) is 36.0 Å². The second kappa shape index (κ2) is 8.57. The molecule has 1 aromatic rings. The molecule has 0 heterocycles. The number of carboxylic acid groups (broad SMARTS) is 1. The van der Waals surface area contributed by atoms with Crippen LogP contribution in [0.25, 0.3) is 0 Å². The van der Waals surface area contributed by atoms with Crippen molar-refractivity contribution >= 4 is 23.6 Å². The lowest BCUT2D eigenvalue weighted by Crippen LogP contribution is -2.25. The first kappa shape index (κ1) is 16.5. The van der Waals surface area contributed by atoms with Crippen molar-refractivity contribution in [2.24, 2.45) is 5.73 Å². The van der Waals surface area contributed by atoms with Crippen LogP contribution in [0.15, 0.2) is 24.3 Å². The van der Waals surface area contributed by atoms with Crippen molar-refractivity contribution < 1.29 is 19.5 Å². The van der Waals surface area contributed by atoms with E-state index in [4.69, 9.17) is 10.8 Å². The molecule has 5 N–H and O–H groups in total. The highest BCUT2D eigenvalue weighted by molar-refractivity contribution is 5.96. The summed E-state index contributed by atoms with van der Waals surface area (Å²) in [5.74, 6) is -1.06. The van der Waals surface area contributed by atoms with Gasteiger partial charge in [0.1, 0.15) is 0 Å². The molecule has 0 saturated heterocycles. The molecule has 0 aliphatic heterocycles. The molecule has 0 radical (unpaired) electrons. The molecule has 0 bridgehead atoms. The number of amides is 3. The molecule has 0 aromatic heterocycles. The minimum absolute atomic E-state index is 0.148. The summed E-state index contributed by atoms with van der Waals surface area (Å²) in [6, 6.07) is 5.75. The number of nitrogens with two attached hydrogens (primary N) is 1. The molecule has 0 spiro atoms. The Hall–Kier alpha value is -2.57. The molecule has 3 amide bonds. The van der Waals surface area contributed by atoms with Crippen LogP contribution in [0.3, 0.4) is 0 Å². The smallest absolute Gasteiger partial charge is 0.316 e. The van der Waals surface area contributed by atoms with Gasteiger partial charge in [-0.1, -0.05) is 12.5 Å². The van der Waals surface area contributed by atoms with Crippen LogP contribution in [0.2, 0.25) is 0 Å². The Balaban J connectivity index is 2.35. The number of aliphatic carboxylic acids is 1. The third-order valence-electron chi connectivity index (χ3n) is 2.75. The molecule has 1 rings (SSSR count). The van der Waals surface area contributed by atoms with E-state index in [0.717, 1.165) is 12.8 Å². The van der Waals surface area contributed by atoms with Crippen molar-refractivity contribution in [3.05, 3.63) is 29.8 Å². The van der Waals surface area contributed by atoms with Crippen molar-refractivity contribution in [1.29, 1.82) is 0 Å². The van der Waals surface area contributed by atoms with Gasteiger partial charge >= 0.3 is 12.0 Å². The summed E-state index contributed by atoms with van der Waals surface area (Å²) in [4.78, 5) is 32.9. The van der Waals surface area contributed by atoms with Gasteiger partial charge in [-0.05, 0) is 31.0 Å². The van der Waals surface area contributed by atoms with Crippen molar-refractivity contribution in [1.82, 2.24) is 5.32 Å². The zero-order valence-electron chi connectivity index (χ0n) is 11.6. The van der Waals surface area contributed by atoms with Crippen LogP contribution in [0.5, 0.6) is 0 Å². The summed E-state index contributed by atoms with van der Waals surface area (Å²) in [7, 11) is 0. The molecule has 7 nitrogen and oxygen atoms in total. The predicted octanol–water partition coefficient (Wildman–Crippen LogP) is 1.55. The van der Waals surface area contributed by atoms with Gasteiger partial charge in [-0.25, -0.2) is 4.79 Å². The van der Waals surface area contributed by atoms with E-state index in [9.17, 15) is 14.4 Å². The van der Waals surface area contributed by atoms with Gasteiger partial charge in [0.2, 0.25) is 0 Å². The van der Waals surface area contributed by atoms with E-state index in [1.54, 1.807) is 18.2 Å². The highest BCUT2D eigenvalue weighted by atomic mass is 16.4. The lowest BCUT2D eigenvalue weighted by Gasteiger charge is -2.07. The van der Waals surface area contributed by atoms with Gasteiger partial charge < -0.3 is 21.5 Å². The normalized spacial score (nSPS) is 9.90. The van der Waals surface area contributed by atoms with E-state index in [-0.39, 0.29) is 12.3 Å². The Morgan fingerprint density at radius 1 is 1.14 bits per heavy atom. The first-order valence-electron chi connectivity index (χ1n) is 6.65. The highest BCUT2D eigenvalue weighted by Gasteiger charge is 2.06. The van der Waals surface area contributed by atoms with Gasteiger partial charge in [0.15, 0.2) is 0 Å². The molecule has 0 saturated carbocycles. The van der Waals surface area contributed by atoms with E-state index in [0.29, 0.717) is 24.2 Å². The molecule has 1 aromatic carbocycles. The second-order valence-corrected chi connectivity index (χ2v) is 4.53. The molecular weight excluding hydrogens is 274 g/mol. The maximum absolute atomic E-state index is 11.9. The first-order chi connectivity index (χ1) is 9.99. The van der Waals surface area contributed by atoms with Crippen molar-refractivity contribution in [3.63, 3.8) is 0 Å². The van der Waals surface area contributed by atoms with Crippen LogP contribution in [0, 0.1) is 0 Å². The standard InChI is InChI=1S/C14H19N3O4/c15-14(21)17-11-6-4-5-10(9-11)13(20)16-8-3-1-2-7-12(18)19/h4-6,9H,1-3,7-8H2,(H,16,20)(H,18,19)(H3,15,17,21). The number of carbonyl (C=O) groups excluding carboxylic acids is 2. The molecule has 0 fully saturated rings. The lowest BCUT2D eigenvalue weighted by molar-refractivity contribution is -0.137. The summed E-state index contributed by atoms with van der Waals surface area (Å²) < 4.78 is 0. The lowest BCUT2D eigenvalue weighted by atomic mass is 10.1. The minimum atomic E-state index is -0.808. The maximum atomic E-state index is 11.9. The van der Waals surface area contributed by atoms with Crippen molar-refractivity contribution in [3.8, 4) is 0 Å². The van der Waals surface area contributed by atoms with E-state index >= 15 is 0 Å². The number of anilines is 1. The number of hydrogen-bond donors (Lipinski definition) is 4. The number of primary amides is 1. The molecule has 0 aliphatic carbocycles. The zero-order chi connectivity index (χ0) is 15.7. The van der Waals surface area contributed by atoms with E-state index in [1.165, 1.54) is 6.07 Å². The Bertz CT molecular complexity index is 517. The van der Waals surface area contributed by atoms with Gasteiger partial charge in [0, 0.05) is 24.2 Å². The Labute approximate surface area is 122 Å². The van der Waals surface area contributed by atoms with Crippen molar-refractivity contribution in [2.75, 3.05) is 11.9 Å². The molecule has 0 unspecified atom stereocenters. The van der Waals surface area contributed by atoms with E-state index in [1.807, 2.05) is 0 Å². The fraction of sp³-hybridized carbons (Fsp3) is 0.357. The number of rotatable bonds is 8. The van der Waals surface area contributed by atoms with Gasteiger partial charge in [-0.2, -0.15) is 0 Å². The van der Waals surface area contributed by atoms with Crippen molar-refractivity contribution in [2.45, 2.75) is 25.7 Å². The zero-order valence-corrected chi connectivity index (χ0v) is 11.6. The summed E-state index contributed by atoms with van der Waals surface area (Å²) in [5, 5.41) is 13.6. The van der Waals surface area contributed by atoms with Crippen LogP contribution >= 0.6 is 0 Å². The topological polar surface area (TPSA) is 122 Å². The number of carbonyl (C=O) groups is 3. The first-order valence-corrected chi connectivity index (χ1v) is 6.65. The monoisotopic (exact) mass is 293 g/mol. The number of nitrogens with one attached hydrogen (secondary N) is 2. The van der Waals surface area contributed by atoms with Gasteiger partial charge in [0.05, 0.1) is 0 Å². The minimum Gasteiger partial charge on any atom is -0.481 e. The molecule has 21 heavy (non-hydrogen) atoms. The van der Waals surface area contributed by atoms with Gasteiger partial charge in [0.25, 0.3) is 5.91 Å². The van der Waals surface area contributed by atoms with E-state index < -0.39 is 12.0 Å². The van der Waals surface area contributed by atoms with Crippen LogP contribution in [-0.2, 0) is 4.79 Å². The third-order valence-corrected chi connectivity index (χ3v) is 2.75. The molecule has 0 aliphatic rings. The summed E-state index contributed by atoms with van der Waals surface area (Å²) in [6.45, 7) is 0.478. The Kier molecular flexibility index (Phi) is 6.73. The largest absolute Gasteiger partial charge is 0.481 e. The average Bonchev–Trinajstić information content (AvgIpc) is 2.41. The third kappa shape index (κ3) is 6.95. The number of carboxylic acids is 1.